The Bertz CT molecular complexity index is 617. The first-order valence-corrected chi connectivity index (χ1v) is 7.02. The highest BCUT2D eigenvalue weighted by molar-refractivity contribution is 6.33. The Hall–Kier alpha value is -2.20. The second-order valence-corrected chi connectivity index (χ2v) is 4.88. The Morgan fingerprint density at radius 1 is 1.14 bits per heavy atom. The van der Waals surface area contributed by atoms with Crippen LogP contribution in [0.25, 0.3) is 0 Å². The van der Waals surface area contributed by atoms with Crippen molar-refractivity contribution < 1.29 is 9.53 Å². The van der Waals surface area contributed by atoms with Crippen LogP contribution in [0.5, 0.6) is 5.75 Å². The zero-order valence-electron chi connectivity index (χ0n) is 11.7. The number of anilines is 1. The molecule has 2 N–H and O–H groups in total. The van der Waals surface area contributed by atoms with Crippen LogP contribution < -0.4 is 15.4 Å². The molecule has 0 unspecified atom stereocenters. The van der Waals surface area contributed by atoms with Gasteiger partial charge in [-0.05, 0) is 30.7 Å². The van der Waals surface area contributed by atoms with E-state index < -0.39 is 0 Å². The molecule has 0 aromatic heterocycles. The van der Waals surface area contributed by atoms with Gasteiger partial charge in [-0.2, -0.15) is 0 Å². The number of aryl methyl sites for hydroxylation is 1. The lowest BCUT2D eigenvalue weighted by molar-refractivity contribution is 0.247. The quantitative estimate of drug-likeness (QED) is 0.824. The largest absolute Gasteiger partial charge is 0.491 e. The number of ether oxygens (including phenoxy) is 1. The van der Waals surface area contributed by atoms with Crippen LogP contribution in [0.2, 0.25) is 5.02 Å². The minimum absolute atomic E-state index is 0.309. The van der Waals surface area contributed by atoms with Crippen molar-refractivity contribution in [3.05, 3.63) is 59.1 Å². The summed E-state index contributed by atoms with van der Waals surface area (Å²) in [6.07, 6.45) is 0. The highest BCUT2D eigenvalue weighted by Gasteiger charge is 2.04. The molecule has 110 valence electrons. The van der Waals surface area contributed by atoms with Crippen molar-refractivity contribution >= 4 is 23.3 Å². The Morgan fingerprint density at radius 2 is 1.86 bits per heavy atom. The molecule has 0 fully saturated rings. The van der Waals surface area contributed by atoms with Crippen LogP contribution in [0.15, 0.2) is 48.5 Å². The van der Waals surface area contributed by atoms with Gasteiger partial charge >= 0.3 is 6.03 Å². The van der Waals surface area contributed by atoms with Crippen LogP contribution in [0.4, 0.5) is 10.5 Å². The predicted molar refractivity (Wildman–Crippen MR) is 85.1 cm³/mol. The molecule has 2 rings (SSSR count). The average molecular weight is 305 g/mol. The van der Waals surface area contributed by atoms with Gasteiger partial charge in [0, 0.05) is 0 Å². The number of para-hydroxylation sites is 2. The second-order valence-electron chi connectivity index (χ2n) is 4.47. The zero-order chi connectivity index (χ0) is 15.1. The number of halogens is 1. The van der Waals surface area contributed by atoms with Gasteiger partial charge in [-0.15, -0.1) is 0 Å². The second kappa shape index (κ2) is 7.55. The number of nitrogens with one attached hydrogen (secondary N) is 2. The van der Waals surface area contributed by atoms with Crippen LogP contribution in [0.1, 0.15) is 5.56 Å². The molecule has 0 bridgehead atoms. The van der Waals surface area contributed by atoms with E-state index in [1.807, 2.05) is 37.3 Å². The summed E-state index contributed by atoms with van der Waals surface area (Å²) in [6.45, 7) is 2.79. The number of rotatable bonds is 5. The molecule has 2 amide bonds. The fourth-order valence-corrected chi connectivity index (χ4v) is 1.96. The standard InChI is InChI=1S/C16H17ClN2O2/c1-12-6-2-5-9-15(12)21-11-10-18-16(20)19-14-8-4-3-7-13(14)17/h2-9H,10-11H2,1H3,(H2,18,19,20). The molecule has 0 heterocycles. The first-order chi connectivity index (χ1) is 10.2. The molecule has 0 saturated heterocycles. The van der Waals surface area contributed by atoms with E-state index >= 15 is 0 Å². The van der Waals surface area contributed by atoms with Crippen molar-refractivity contribution in [3.63, 3.8) is 0 Å². The minimum atomic E-state index is -0.309. The van der Waals surface area contributed by atoms with Gasteiger partial charge in [-0.25, -0.2) is 4.79 Å². The molecule has 0 saturated carbocycles. The van der Waals surface area contributed by atoms with E-state index in [2.05, 4.69) is 10.6 Å². The third-order valence-electron chi connectivity index (χ3n) is 2.86. The van der Waals surface area contributed by atoms with Crippen molar-refractivity contribution in [2.75, 3.05) is 18.5 Å². The highest BCUT2D eigenvalue weighted by atomic mass is 35.5. The smallest absolute Gasteiger partial charge is 0.319 e. The monoisotopic (exact) mass is 304 g/mol. The van der Waals surface area contributed by atoms with Crippen LogP contribution in [0, 0.1) is 6.92 Å². The number of urea groups is 1. The van der Waals surface area contributed by atoms with E-state index in [1.54, 1.807) is 18.2 Å². The molecule has 5 heteroatoms. The molecule has 2 aromatic rings. The molecule has 21 heavy (non-hydrogen) atoms. The van der Waals surface area contributed by atoms with Gasteiger partial charge in [0.15, 0.2) is 0 Å². The topological polar surface area (TPSA) is 50.4 Å². The first kappa shape index (κ1) is 15.2. The van der Waals surface area contributed by atoms with Gasteiger partial charge in [0.2, 0.25) is 0 Å². The number of carbonyl (C=O) groups excluding carboxylic acids is 1. The predicted octanol–water partition coefficient (Wildman–Crippen LogP) is 3.85. The van der Waals surface area contributed by atoms with E-state index in [-0.39, 0.29) is 6.03 Å². The Morgan fingerprint density at radius 3 is 2.62 bits per heavy atom. The van der Waals surface area contributed by atoms with E-state index in [0.29, 0.717) is 23.9 Å². The maximum Gasteiger partial charge on any atom is 0.319 e. The molecule has 0 aliphatic rings. The van der Waals surface area contributed by atoms with E-state index in [4.69, 9.17) is 16.3 Å². The highest BCUT2D eigenvalue weighted by Crippen LogP contribution is 2.20. The third-order valence-corrected chi connectivity index (χ3v) is 3.19. The molecule has 0 aliphatic heterocycles. The number of amides is 2. The third kappa shape index (κ3) is 4.68. The van der Waals surface area contributed by atoms with Gasteiger partial charge in [0.05, 0.1) is 17.3 Å². The van der Waals surface area contributed by atoms with Crippen molar-refractivity contribution in [1.29, 1.82) is 0 Å². The minimum Gasteiger partial charge on any atom is -0.491 e. The van der Waals surface area contributed by atoms with E-state index in [0.717, 1.165) is 11.3 Å². The number of benzene rings is 2. The average Bonchev–Trinajstić information content (AvgIpc) is 2.48. The van der Waals surface area contributed by atoms with Gasteiger partial charge in [-0.1, -0.05) is 41.9 Å². The van der Waals surface area contributed by atoms with Crippen LogP contribution in [-0.2, 0) is 0 Å². The SMILES string of the molecule is Cc1ccccc1OCCNC(=O)Nc1ccccc1Cl. The van der Waals surface area contributed by atoms with Crippen molar-refractivity contribution in [3.8, 4) is 5.75 Å². The van der Waals surface area contributed by atoms with Crippen LogP contribution in [0.3, 0.4) is 0 Å². The molecule has 2 aromatic carbocycles. The van der Waals surface area contributed by atoms with Crippen LogP contribution in [-0.4, -0.2) is 19.2 Å². The van der Waals surface area contributed by atoms with Gasteiger partial charge in [0.25, 0.3) is 0 Å². The fraction of sp³-hybridized carbons (Fsp3) is 0.188. The normalized spacial score (nSPS) is 10.0. The lowest BCUT2D eigenvalue weighted by Crippen LogP contribution is -2.32. The molecule has 0 atom stereocenters. The Kier molecular flexibility index (Phi) is 5.46. The number of carbonyl (C=O) groups is 1. The molecular formula is C16H17ClN2O2. The number of hydrogen-bond donors (Lipinski definition) is 2. The van der Waals surface area contributed by atoms with E-state index in [1.165, 1.54) is 0 Å². The van der Waals surface area contributed by atoms with Crippen molar-refractivity contribution in [2.24, 2.45) is 0 Å². The summed E-state index contributed by atoms with van der Waals surface area (Å²) < 4.78 is 5.59. The summed E-state index contributed by atoms with van der Waals surface area (Å²) in [7, 11) is 0. The van der Waals surface area contributed by atoms with Crippen molar-refractivity contribution in [2.45, 2.75) is 6.92 Å². The Labute approximate surface area is 129 Å². The Balaban J connectivity index is 1.73. The first-order valence-electron chi connectivity index (χ1n) is 6.64. The summed E-state index contributed by atoms with van der Waals surface area (Å²) >= 11 is 5.96. The summed E-state index contributed by atoms with van der Waals surface area (Å²) in [5.74, 6) is 0.825. The fourth-order valence-electron chi connectivity index (χ4n) is 1.77. The summed E-state index contributed by atoms with van der Waals surface area (Å²) in [5.41, 5.74) is 1.65. The molecule has 0 radical (unpaired) electrons. The summed E-state index contributed by atoms with van der Waals surface area (Å²) in [6, 6.07) is 14.5. The maximum absolute atomic E-state index is 11.7. The molecule has 0 aliphatic carbocycles. The maximum atomic E-state index is 11.7. The molecule has 0 spiro atoms. The number of hydrogen-bond acceptors (Lipinski definition) is 2. The summed E-state index contributed by atoms with van der Waals surface area (Å²) in [5, 5.41) is 5.90. The molecular weight excluding hydrogens is 288 g/mol. The van der Waals surface area contributed by atoms with Crippen molar-refractivity contribution in [1.82, 2.24) is 5.32 Å². The summed E-state index contributed by atoms with van der Waals surface area (Å²) in [4.78, 5) is 11.7. The van der Waals surface area contributed by atoms with Gasteiger partial charge in [-0.3, -0.25) is 0 Å². The zero-order valence-corrected chi connectivity index (χ0v) is 12.5. The van der Waals surface area contributed by atoms with Crippen LogP contribution >= 0.6 is 11.6 Å². The lowest BCUT2D eigenvalue weighted by atomic mass is 10.2. The molecule has 4 nitrogen and oxygen atoms in total. The van der Waals surface area contributed by atoms with Gasteiger partial charge < -0.3 is 15.4 Å². The van der Waals surface area contributed by atoms with Gasteiger partial charge in [0.1, 0.15) is 12.4 Å². The van der Waals surface area contributed by atoms with E-state index in [9.17, 15) is 4.79 Å². The lowest BCUT2D eigenvalue weighted by Gasteiger charge is -2.11.